The monoisotopic (exact) mass is 409 g/mol. The van der Waals surface area contributed by atoms with Crippen molar-refractivity contribution in [1.29, 1.82) is 0 Å². The van der Waals surface area contributed by atoms with E-state index in [-0.39, 0.29) is 17.0 Å². The fraction of sp³-hybridized carbons (Fsp3) is 0.150. The van der Waals surface area contributed by atoms with Gasteiger partial charge in [0.15, 0.2) is 12.9 Å². The number of ether oxygens (including phenoxy) is 1. The van der Waals surface area contributed by atoms with Gasteiger partial charge < -0.3 is 13.6 Å². The van der Waals surface area contributed by atoms with E-state index in [4.69, 9.17) is 13.6 Å². The van der Waals surface area contributed by atoms with Gasteiger partial charge in [0.05, 0.1) is 23.0 Å². The molecule has 3 heterocycles. The Morgan fingerprint density at radius 3 is 2.73 bits per heavy atom. The van der Waals surface area contributed by atoms with Gasteiger partial charge in [-0.2, -0.15) is 5.10 Å². The van der Waals surface area contributed by atoms with Crippen LogP contribution in [0.15, 0.2) is 68.9 Å². The van der Waals surface area contributed by atoms with Crippen LogP contribution < -0.4 is 4.74 Å². The highest BCUT2D eigenvalue weighted by molar-refractivity contribution is 6.01. The van der Waals surface area contributed by atoms with Crippen molar-refractivity contribution in [3.8, 4) is 5.75 Å². The van der Waals surface area contributed by atoms with Crippen molar-refractivity contribution in [2.45, 2.75) is 12.5 Å². The number of hydrazone groups is 1. The van der Waals surface area contributed by atoms with E-state index in [2.05, 4.69) is 5.10 Å². The summed E-state index contributed by atoms with van der Waals surface area (Å²) in [4.78, 5) is 34.3. The maximum Gasteiger partial charge on any atom is 0.281 e. The SMILES string of the molecule is O=Cc1cc([N+](=O)[O-])ccc1OCC(=O)N1N=C(c2ccco2)CC1c1ccco1. The molecule has 2 aromatic heterocycles. The van der Waals surface area contributed by atoms with Crippen molar-refractivity contribution in [1.82, 2.24) is 5.01 Å². The molecule has 0 fully saturated rings. The van der Waals surface area contributed by atoms with Crippen LogP contribution >= 0.6 is 0 Å². The largest absolute Gasteiger partial charge is 0.483 e. The third kappa shape index (κ3) is 3.70. The van der Waals surface area contributed by atoms with E-state index in [0.29, 0.717) is 29.9 Å². The fourth-order valence-electron chi connectivity index (χ4n) is 3.11. The molecule has 0 saturated carbocycles. The lowest BCUT2D eigenvalue weighted by atomic mass is 10.1. The Kier molecular flexibility index (Phi) is 5.12. The highest BCUT2D eigenvalue weighted by Crippen LogP contribution is 2.33. The van der Waals surface area contributed by atoms with Gasteiger partial charge in [0, 0.05) is 18.6 Å². The molecule has 0 aliphatic carbocycles. The maximum atomic E-state index is 12.8. The molecule has 0 radical (unpaired) electrons. The van der Waals surface area contributed by atoms with Gasteiger partial charge in [-0.15, -0.1) is 0 Å². The van der Waals surface area contributed by atoms with Crippen LogP contribution in [0.3, 0.4) is 0 Å². The summed E-state index contributed by atoms with van der Waals surface area (Å²) in [6.07, 6.45) is 3.85. The quantitative estimate of drug-likeness (QED) is 0.332. The number of hydrogen-bond acceptors (Lipinski definition) is 8. The van der Waals surface area contributed by atoms with Crippen molar-refractivity contribution in [3.63, 3.8) is 0 Å². The molecular weight excluding hydrogens is 394 g/mol. The number of aldehydes is 1. The van der Waals surface area contributed by atoms with Gasteiger partial charge >= 0.3 is 0 Å². The van der Waals surface area contributed by atoms with Crippen LogP contribution in [-0.4, -0.2) is 34.4 Å². The molecule has 0 bridgehead atoms. The highest BCUT2D eigenvalue weighted by atomic mass is 16.6. The van der Waals surface area contributed by atoms with Crippen LogP contribution in [0.2, 0.25) is 0 Å². The summed E-state index contributed by atoms with van der Waals surface area (Å²) >= 11 is 0. The third-order valence-corrected chi connectivity index (χ3v) is 4.53. The Morgan fingerprint density at radius 1 is 1.27 bits per heavy atom. The standard InChI is InChI=1S/C20H15N3O7/c24-11-13-9-14(23(26)27)5-6-17(13)30-12-20(25)22-16(19-4-2-8-29-19)10-15(21-22)18-3-1-7-28-18/h1-9,11,16H,10,12H2. The number of hydrogen-bond donors (Lipinski definition) is 0. The Labute approximate surface area is 169 Å². The van der Waals surface area contributed by atoms with Crippen molar-refractivity contribution in [3.05, 3.63) is 82.2 Å². The van der Waals surface area contributed by atoms with E-state index < -0.39 is 23.5 Å². The van der Waals surface area contributed by atoms with Crippen molar-refractivity contribution in [2.24, 2.45) is 5.10 Å². The van der Waals surface area contributed by atoms with E-state index in [1.165, 1.54) is 29.7 Å². The second-order valence-electron chi connectivity index (χ2n) is 6.38. The van der Waals surface area contributed by atoms with Gasteiger partial charge in [0.2, 0.25) is 0 Å². The molecule has 0 N–H and O–H groups in total. The van der Waals surface area contributed by atoms with E-state index in [1.54, 1.807) is 24.3 Å². The number of rotatable bonds is 7. The Hall–Kier alpha value is -4.21. The molecule has 3 aromatic rings. The average molecular weight is 409 g/mol. The number of furan rings is 2. The van der Waals surface area contributed by atoms with E-state index in [0.717, 1.165) is 6.07 Å². The van der Waals surface area contributed by atoms with Gasteiger partial charge in [-0.3, -0.25) is 19.7 Å². The van der Waals surface area contributed by atoms with Crippen molar-refractivity contribution >= 4 is 23.6 Å². The zero-order valence-corrected chi connectivity index (χ0v) is 15.5. The third-order valence-electron chi connectivity index (χ3n) is 4.53. The minimum absolute atomic E-state index is 0.0271. The molecule has 1 unspecified atom stereocenters. The van der Waals surface area contributed by atoms with E-state index in [1.807, 2.05) is 0 Å². The second kappa shape index (κ2) is 8.03. The van der Waals surface area contributed by atoms with Gasteiger partial charge in [-0.05, 0) is 30.3 Å². The predicted octanol–water partition coefficient (Wildman–Crippen LogP) is 3.35. The molecule has 1 aliphatic rings. The number of non-ortho nitro benzene ring substituents is 1. The zero-order chi connectivity index (χ0) is 21.1. The van der Waals surface area contributed by atoms with Crippen molar-refractivity contribution in [2.75, 3.05) is 6.61 Å². The minimum Gasteiger partial charge on any atom is -0.483 e. The van der Waals surface area contributed by atoms with Gasteiger partial charge in [0.25, 0.3) is 11.6 Å². The first-order chi connectivity index (χ1) is 14.6. The smallest absolute Gasteiger partial charge is 0.281 e. The molecule has 1 aromatic carbocycles. The molecule has 152 valence electrons. The van der Waals surface area contributed by atoms with Gasteiger partial charge in [-0.25, -0.2) is 5.01 Å². The predicted molar refractivity (Wildman–Crippen MR) is 102 cm³/mol. The summed E-state index contributed by atoms with van der Waals surface area (Å²) < 4.78 is 16.3. The molecule has 4 rings (SSSR count). The van der Waals surface area contributed by atoms with Crippen LogP contribution in [-0.2, 0) is 4.79 Å². The zero-order valence-electron chi connectivity index (χ0n) is 15.5. The van der Waals surface area contributed by atoms with Crippen LogP contribution in [0.5, 0.6) is 5.75 Å². The Bertz CT molecular complexity index is 1100. The van der Waals surface area contributed by atoms with Crippen LogP contribution in [0, 0.1) is 10.1 Å². The molecule has 10 heteroatoms. The molecule has 1 atom stereocenters. The van der Waals surface area contributed by atoms with Gasteiger partial charge in [0.1, 0.15) is 29.0 Å². The normalized spacial score (nSPS) is 15.7. The molecular formula is C20H15N3O7. The number of nitro benzene ring substituents is 1. The highest BCUT2D eigenvalue weighted by Gasteiger charge is 2.36. The fourth-order valence-corrected chi connectivity index (χ4v) is 3.11. The summed E-state index contributed by atoms with van der Waals surface area (Å²) in [5, 5.41) is 16.5. The summed E-state index contributed by atoms with van der Waals surface area (Å²) in [5.74, 6) is 0.681. The number of carbonyl (C=O) groups is 2. The van der Waals surface area contributed by atoms with Crippen LogP contribution in [0.25, 0.3) is 0 Å². The van der Waals surface area contributed by atoms with Crippen molar-refractivity contribution < 1.29 is 28.1 Å². The molecule has 30 heavy (non-hydrogen) atoms. The second-order valence-corrected chi connectivity index (χ2v) is 6.38. The lowest BCUT2D eigenvalue weighted by Crippen LogP contribution is -2.31. The Morgan fingerprint density at radius 2 is 2.07 bits per heavy atom. The molecule has 0 saturated heterocycles. The summed E-state index contributed by atoms with van der Waals surface area (Å²) in [5.41, 5.74) is 0.306. The average Bonchev–Trinajstić information content (AvgIpc) is 3.51. The van der Waals surface area contributed by atoms with E-state index in [9.17, 15) is 19.7 Å². The topological polar surface area (TPSA) is 128 Å². The molecule has 0 spiro atoms. The number of benzene rings is 1. The lowest BCUT2D eigenvalue weighted by molar-refractivity contribution is -0.384. The lowest BCUT2D eigenvalue weighted by Gasteiger charge is -2.20. The summed E-state index contributed by atoms with van der Waals surface area (Å²) in [6, 6.07) is 10.0. The summed E-state index contributed by atoms with van der Waals surface area (Å²) in [6.45, 7) is -0.426. The minimum atomic E-state index is -0.620. The molecule has 1 amide bonds. The van der Waals surface area contributed by atoms with Crippen LogP contribution in [0.1, 0.15) is 34.3 Å². The first-order valence-corrected chi connectivity index (χ1v) is 8.90. The van der Waals surface area contributed by atoms with Crippen LogP contribution in [0.4, 0.5) is 5.69 Å². The van der Waals surface area contributed by atoms with Gasteiger partial charge in [-0.1, -0.05) is 0 Å². The maximum absolute atomic E-state index is 12.8. The number of nitrogens with zero attached hydrogens (tertiary/aromatic N) is 3. The summed E-state index contributed by atoms with van der Waals surface area (Å²) in [7, 11) is 0. The molecule has 10 nitrogen and oxygen atoms in total. The Balaban J connectivity index is 1.53. The first-order valence-electron chi connectivity index (χ1n) is 8.90. The van der Waals surface area contributed by atoms with E-state index >= 15 is 0 Å². The molecule has 1 aliphatic heterocycles. The number of carbonyl (C=O) groups excluding carboxylic acids is 2. The number of nitro groups is 1. The number of amides is 1. The first kappa shape index (κ1) is 19.1.